The van der Waals surface area contributed by atoms with Crippen molar-refractivity contribution in [2.24, 2.45) is 0 Å². The Balaban J connectivity index is 0.000000154. The molecular formula is C58H66N12O9Si. The van der Waals surface area contributed by atoms with Crippen LogP contribution in [-0.2, 0) is 34.1 Å². The first kappa shape index (κ1) is 51.8. The largest absolute Gasteiger partial charge is 0.487 e. The number of hydrogen-bond donors (Lipinski definition) is 3. The molecule has 4 unspecified atom stereocenters. The number of fused-ring (bicyclic) bond motifs is 10. The summed E-state index contributed by atoms with van der Waals surface area (Å²) in [4.78, 5) is 101. The number of carbonyl (C=O) groups excluding carboxylic acids is 2. The number of ether oxygens (including phenoxy) is 3. The van der Waals surface area contributed by atoms with Gasteiger partial charge in [0.2, 0.25) is 11.8 Å². The fraction of sp³-hybridized carbons (Fsp3) is 0.448. The van der Waals surface area contributed by atoms with Gasteiger partial charge in [0.25, 0.3) is 22.2 Å². The normalized spacial score (nSPS) is 22.7. The number of benzene rings is 4. The highest BCUT2D eigenvalue weighted by molar-refractivity contribution is 6.76. The number of H-pyrrole nitrogens is 3. The molecule has 0 radical (unpaired) electrons. The second-order valence-corrected chi connectivity index (χ2v) is 29.3. The van der Waals surface area contributed by atoms with Crippen LogP contribution in [0.2, 0.25) is 25.7 Å². The van der Waals surface area contributed by atoms with E-state index in [2.05, 4.69) is 58.5 Å². The van der Waals surface area contributed by atoms with Crippen LogP contribution in [0.5, 0.6) is 11.5 Å². The van der Waals surface area contributed by atoms with Crippen LogP contribution >= 0.6 is 0 Å². The van der Waals surface area contributed by atoms with Crippen molar-refractivity contribution in [3.05, 3.63) is 102 Å². The summed E-state index contributed by atoms with van der Waals surface area (Å²) in [6.07, 6.45) is 4.04. The molecule has 22 heteroatoms. The van der Waals surface area contributed by atoms with Crippen LogP contribution in [0.4, 0.5) is 11.4 Å². The SMILES string of the molecule is C[C@@H]1CC2CN1CCn1[nH]c3c(cccc3c1=O)-c1nc3c(cc(N4CCCC4=O)cc3[nH]c1=O)O2.C[C@@H]1CC2CN1CCn1[nH]c3c(cccc3c1=O)-c1nc3c(cc(N4CCCC4=O)cc3n(COCC[Si](C)(C)C)c1=O)O2. The number of rotatable bonds is 7. The number of amides is 2. The molecule has 8 aromatic rings. The second-order valence-electron chi connectivity index (χ2n) is 23.6. The fourth-order valence-corrected chi connectivity index (χ4v) is 13.3. The first-order valence-corrected chi connectivity index (χ1v) is 31.8. The molecule has 6 aliphatic heterocycles. The van der Waals surface area contributed by atoms with Gasteiger partial charge in [0, 0.05) is 126 Å². The highest BCUT2D eigenvalue weighted by Crippen LogP contribution is 2.38. The van der Waals surface area contributed by atoms with Gasteiger partial charge in [-0.1, -0.05) is 43.9 Å². The molecule has 4 aromatic heterocycles. The van der Waals surface area contributed by atoms with E-state index in [1.54, 1.807) is 60.1 Å². The zero-order valence-electron chi connectivity index (χ0n) is 45.8. The number of hydrogen-bond acceptors (Lipinski definition) is 13. The highest BCUT2D eigenvalue weighted by Gasteiger charge is 2.35. The Hall–Kier alpha value is -7.66. The average molecular weight is 1100 g/mol. The molecule has 0 saturated carbocycles. The summed E-state index contributed by atoms with van der Waals surface area (Å²) in [6, 6.07) is 19.7. The van der Waals surface area contributed by atoms with Crippen molar-refractivity contribution in [2.45, 2.75) is 122 Å². The number of nitrogens with zero attached hydrogens (tertiary/aromatic N) is 9. The molecule has 0 spiro atoms. The van der Waals surface area contributed by atoms with E-state index in [9.17, 15) is 28.8 Å². The maximum atomic E-state index is 14.4. The van der Waals surface area contributed by atoms with Gasteiger partial charge in [-0.25, -0.2) is 9.97 Å². The van der Waals surface area contributed by atoms with Gasteiger partial charge in [-0.2, -0.15) is 0 Å². The quantitative estimate of drug-likeness (QED) is 0.119. The Morgan fingerprint density at radius 1 is 0.637 bits per heavy atom. The molecule has 4 fully saturated rings. The van der Waals surface area contributed by atoms with Crippen molar-refractivity contribution in [3.8, 4) is 34.0 Å². The van der Waals surface area contributed by atoms with Crippen molar-refractivity contribution in [3.63, 3.8) is 0 Å². The summed E-state index contributed by atoms with van der Waals surface area (Å²) in [7, 11) is -1.36. The van der Waals surface area contributed by atoms with E-state index in [4.69, 9.17) is 24.2 Å². The summed E-state index contributed by atoms with van der Waals surface area (Å²) < 4.78 is 24.3. The molecule has 14 rings (SSSR count). The fourth-order valence-electron chi connectivity index (χ4n) is 12.6. The predicted octanol–water partition coefficient (Wildman–Crippen LogP) is 6.22. The lowest BCUT2D eigenvalue weighted by Gasteiger charge is -2.23. The third-order valence-electron chi connectivity index (χ3n) is 17.0. The minimum Gasteiger partial charge on any atom is -0.487 e. The van der Waals surface area contributed by atoms with Gasteiger partial charge in [-0.3, -0.25) is 62.7 Å². The van der Waals surface area contributed by atoms with Gasteiger partial charge in [-0.05, 0) is 57.0 Å². The molecule has 0 aliphatic carbocycles. The van der Waals surface area contributed by atoms with Gasteiger partial charge in [0.15, 0.2) is 0 Å². The molecule has 4 aromatic carbocycles. The topological polar surface area (TPSA) is 231 Å². The van der Waals surface area contributed by atoms with E-state index >= 15 is 0 Å². The Morgan fingerprint density at radius 2 is 1.18 bits per heavy atom. The van der Waals surface area contributed by atoms with Crippen molar-refractivity contribution in [1.82, 2.24) is 48.9 Å². The van der Waals surface area contributed by atoms with E-state index in [-0.39, 0.29) is 76.5 Å². The standard InChI is InChI=1S/C32H40N6O5Si.C26H26N6O4/c1-20-15-22-18-35(20)11-12-38-31(40)24-8-5-7-23(28(24)34-38)29-32(41)37(19-42-13-14-44(2,3)4)25-16-21(36-10-6-9-27(36)39)17-26(43-22)30(25)33-29;1-14-10-16-13-30(14)8-9-32-26(35)18-5-2-4-17(22(18)29-32)23-25(34)27-19-11-15(31-7-3-6-21(31)33)12-20(36-16)24(19)28-23/h5,7-8,16-17,20,22,34H,6,9-15,18-19H2,1-4H3;2,4-5,11-12,14,16,29H,3,6-10,13H2,1H3,(H,27,34)/t20-,22?;14-,16?/m11/s1. The number of anilines is 2. The summed E-state index contributed by atoms with van der Waals surface area (Å²) in [5.74, 6) is 1.22. The Bertz CT molecular complexity index is 4080. The monoisotopic (exact) mass is 1100 g/mol. The van der Waals surface area contributed by atoms with Crippen molar-refractivity contribution in [2.75, 3.05) is 55.7 Å². The smallest absolute Gasteiger partial charge is 0.279 e. The molecule has 416 valence electrons. The Morgan fingerprint density at radius 3 is 1.73 bits per heavy atom. The van der Waals surface area contributed by atoms with E-state index in [0.717, 1.165) is 31.7 Å². The zero-order chi connectivity index (χ0) is 55.3. The van der Waals surface area contributed by atoms with Crippen LogP contribution in [0.3, 0.4) is 0 Å². The molecule has 21 nitrogen and oxygen atoms in total. The number of carbonyl (C=O) groups is 2. The number of para-hydroxylation sites is 2. The molecular weight excluding hydrogens is 1040 g/mol. The predicted molar refractivity (Wildman–Crippen MR) is 309 cm³/mol. The van der Waals surface area contributed by atoms with E-state index < -0.39 is 8.07 Å². The molecule has 3 N–H and O–H groups in total. The molecule has 2 amide bonds. The maximum absolute atomic E-state index is 14.4. The molecule has 6 atom stereocenters. The highest BCUT2D eigenvalue weighted by atomic mass is 28.3. The van der Waals surface area contributed by atoms with Gasteiger partial charge in [0.1, 0.15) is 52.9 Å². The third-order valence-corrected chi connectivity index (χ3v) is 18.7. The summed E-state index contributed by atoms with van der Waals surface area (Å²) in [5, 5.41) is 7.57. The number of nitrogens with one attached hydrogen (secondary N) is 3. The summed E-state index contributed by atoms with van der Waals surface area (Å²) >= 11 is 0. The van der Waals surface area contributed by atoms with Gasteiger partial charge >= 0.3 is 0 Å². The third kappa shape index (κ3) is 9.33. The van der Waals surface area contributed by atoms with E-state index in [1.807, 2.05) is 24.3 Å². The minimum absolute atomic E-state index is 0.0356. The number of aromatic nitrogens is 8. The number of aromatic amines is 3. The van der Waals surface area contributed by atoms with Crippen LogP contribution in [-0.4, -0.2) is 139 Å². The Labute approximate surface area is 460 Å². The van der Waals surface area contributed by atoms with Crippen LogP contribution in [0.15, 0.2) is 79.8 Å². The van der Waals surface area contributed by atoms with E-state index in [0.29, 0.717) is 150 Å². The second kappa shape index (κ2) is 20.2. The lowest BCUT2D eigenvalue weighted by molar-refractivity contribution is -0.117. The summed E-state index contributed by atoms with van der Waals surface area (Å²) in [6.45, 7) is 16.8. The van der Waals surface area contributed by atoms with Gasteiger partial charge in [-0.15, -0.1) is 0 Å². The van der Waals surface area contributed by atoms with Crippen LogP contribution in [0.25, 0.3) is 66.4 Å². The lowest BCUT2D eigenvalue weighted by Crippen LogP contribution is -2.34. The minimum atomic E-state index is -1.36. The van der Waals surface area contributed by atoms with Gasteiger partial charge < -0.3 is 29.0 Å². The molecule has 80 heavy (non-hydrogen) atoms. The lowest BCUT2D eigenvalue weighted by atomic mass is 10.1. The molecule has 6 aliphatic rings. The molecule has 4 saturated heterocycles. The van der Waals surface area contributed by atoms with Crippen molar-refractivity contribution in [1.29, 1.82) is 0 Å². The maximum Gasteiger partial charge on any atom is 0.279 e. The first-order chi connectivity index (χ1) is 38.5. The van der Waals surface area contributed by atoms with Crippen LogP contribution in [0.1, 0.15) is 52.4 Å². The van der Waals surface area contributed by atoms with Crippen molar-refractivity contribution >= 4 is 75.1 Å². The zero-order valence-corrected chi connectivity index (χ0v) is 46.8. The average Bonchev–Trinajstić information content (AvgIpc) is 4.31. The van der Waals surface area contributed by atoms with Crippen molar-refractivity contribution < 1.29 is 23.8 Å². The van der Waals surface area contributed by atoms with E-state index in [1.165, 1.54) is 0 Å². The van der Waals surface area contributed by atoms with Gasteiger partial charge in [0.05, 0.1) is 45.9 Å². The molecule has 12 bridgehead atoms. The first-order valence-electron chi connectivity index (χ1n) is 28.1. The summed E-state index contributed by atoms with van der Waals surface area (Å²) in [5.41, 5.74) is 5.35. The Kier molecular flexibility index (Phi) is 13.0. The van der Waals surface area contributed by atoms with Crippen LogP contribution < -0.4 is 41.5 Å². The molecule has 10 heterocycles. The van der Waals surface area contributed by atoms with Crippen LogP contribution in [0, 0.1) is 0 Å².